The summed E-state index contributed by atoms with van der Waals surface area (Å²) in [6, 6.07) is 0. The third-order valence-electron chi connectivity index (χ3n) is 9.10. The Hall–Kier alpha value is -3.77. The molecule has 5 heterocycles. The lowest BCUT2D eigenvalue weighted by Crippen LogP contribution is -2.15. The molecule has 4 aliphatic heterocycles. The van der Waals surface area contributed by atoms with Crippen LogP contribution in [-0.2, 0) is 12.8 Å². The maximum Gasteiger partial charge on any atom is 0.107 e. The molecular weight excluding hydrogens is 508 g/mol. The van der Waals surface area contributed by atoms with Crippen LogP contribution >= 0.6 is 0 Å². The number of hydrogen-bond acceptors (Lipinski definition) is 5. The van der Waals surface area contributed by atoms with E-state index < -0.39 is 0 Å². The quantitative estimate of drug-likeness (QED) is 0.395. The molecule has 1 aliphatic carbocycles. The Balaban J connectivity index is 1.75. The summed E-state index contributed by atoms with van der Waals surface area (Å²) in [5, 5.41) is 23.9. The maximum absolute atomic E-state index is 11.3. The van der Waals surface area contributed by atoms with Gasteiger partial charge in [-0.3, -0.25) is 0 Å². The van der Waals surface area contributed by atoms with Crippen LogP contribution in [0.5, 0.6) is 0 Å². The van der Waals surface area contributed by atoms with Crippen molar-refractivity contribution in [3.05, 3.63) is 89.8 Å². The van der Waals surface area contributed by atoms with Crippen molar-refractivity contribution >= 4 is 29.3 Å². The summed E-state index contributed by atoms with van der Waals surface area (Å²) < 4.78 is 0. The van der Waals surface area contributed by atoms with E-state index in [1.807, 2.05) is 0 Å². The zero-order valence-corrected chi connectivity index (χ0v) is 25.1. The number of aromatic nitrogens is 1. The van der Waals surface area contributed by atoms with E-state index in [2.05, 4.69) is 64.8 Å². The molecule has 0 aromatic carbocycles. The first-order valence-corrected chi connectivity index (χ1v) is 15.3. The fraction of sp³-hybridized carbons (Fsp3) is 0.400. The van der Waals surface area contributed by atoms with E-state index in [0.717, 1.165) is 111 Å². The predicted octanol–water partition coefficient (Wildman–Crippen LogP) is 5.91. The first kappa shape index (κ1) is 27.4. The van der Waals surface area contributed by atoms with Crippen LogP contribution in [0.2, 0.25) is 0 Å². The minimum atomic E-state index is -0.0617. The molecule has 1 aromatic heterocycles. The SMILES string of the molecule is CCC1=C2C=c3[nH]c(c(CC)c3CC)=CC3=NC(=CC4=NC(=C5CC(O)=C1C5=N2)C(CC)=C4CC)C(CC)=C3CO. The third-order valence-corrected chi connectivity index (χ3v) is 9.10. The van der Waals surface area contributed by atoms with Crippen LogP contribution in [0.15, 0.2) is 82.9 Å². The van der Waals surface area contributed by atoms with Crippen molar-refractivity contribution in [2.45, 2.75) is 86.5 Å². The number of hydrogen-bond donors (Lipinski definition) is 3. The van der Waals surface area contributed by atoms with Crippen molar-refractivity contribution in [3.8, 4) is 0 Å². The van der Waals surface area contributed by atoms with Gasteiger partial charge >= 0.3 is 0 Å². The highest BCUT2D eigenvalue weighted by Crippen LogP contribution is 2.45. The van der Waals surface area contributed by atoms with Crippen LogP contribution in [0.3, 0.4) is 0 Å². The van der Waals surface area contributed by atoms with Gasteiger partial charge in [-0.15, -0.1) is 0 Å². The second kappa shape index (κ2) is 10.6. The Morgan fingerprint density at radius 2 is 1.32 bits per heavy atom. The summed E-state index contributed by atoms with van der Waals surface area (Å²) in [6.07, 6.45) is 11.8. The monoisotopic (exact) mass is 548 g/mol. The average molecular weight is 549 g/mol. The Morgan fingerprint density at radius 1 is 0.683 bits per heavy atom. The molecule has 41 heavy (non-hydrogen) atoms. The number of H-pyrrole nitrogens is 1. The molecule has 3 N–H and O–H groups in total. The highest BCUT2D eigenvalue weighted by molar-refractivity contribution is 6.25. The molecule has 6 nitrogen and oxygen atoms in total. The van der Waals surface area contributed by atoms with Crippen molar-refractivity contribution in [2.24, 2.45) is 15.0 Å². The second-order valence-electron chi connectivity index (χ2n) is 11.1. The highest BCUT2D eigenvalue weighted by Gasteiger charge is 2.37. The van der Waals surface area contributed by atoms with E-state index in [4.69, 9.17) is 15.0 Å². The average Bonchev–Trinajstić information content (AvgIpc) is 3.75. The molecule has 0 fully saturated rings. The van der Waals surface area contributed by atoms with Gasteiger partial charge in [0, 0.05) is 33.8 Å². The molecule has 0 spiro atoms. The zero-order chi connectivity index (χ0) is 29.0. The molecule has 0 radical (unpaired) electrons. The van der Waals surface area contributed by atoms with Crippen LogP contribution in [0.1, 0.15) is 84.8 Å². The van der Waals surface area contributed by atoms with Gasteiger partial charge in [0.15, 0.2) is 0 Å². The van der Waals surface area contributed by atoms with Crippen molar-refractivity contribution in [1.82, 2.24) is 4.98 Å². The molecule has 0 unspecified atom stereocenters. The van der Waals surface area contributed by atoms with Crippen LogP contribution < -0.4 is 10.7 Å². The molecule has 1 aromatic rings. The lowest BCUT2D eigenvalue weighted by molar-refractivity contribution is 0.336. The van der Waals surface area contributed by atoms with E-state index in [1.165, 1.54) is 22.3 Å². The van der Waals surface area contributed by atoms with Crippen molar-refractivity contribution in [3.63, 3.8) is 0 Å². The van der Waals surface area contributed by atoms with Gasteiger partial charge in [-0.25, -0.2) is 15.0 Å². The maximum atomic E-state index is 11.3. The largest absolute Gasteiger partial charge is 0.511 e. The van der Waals surface area contributed by atoms with E-state index in [9.17, 15) is 10.2 Å². The van der Waals surface area contributed by atoms with Crippen LogP contribution in [-0.4, -0.2) is 38.9 Å². The summed E-state index contributed by atoms with van der Waals surface area (Å²) in [5.74, 6) is 0.391. The molecule has 8 bridgehead atoms. The number of aromatic amines is 1. The van der Waals surface area contributed by atoms with Crippen LogP contribution in [0, 0.1) is 0 Å². The minimum absolute atomic E-state index is 0.0617. The molecule has 0 saturated heterocycles. The third kappa shape index (κ3) is 4.06. The number of allylic oxidation sites excluding steroid dienone is 8. The second-order valence-corrected chi connectivity index (χ2v) is 11.1. The summed E-state index contributed by atoms with van der Waals surface area (Å²) in [7, 11) is 0. The molecule has 5 aliphatic rings. The highest BCUT2D eigenvalue weighted by atomic mass is 16.3. The first-order valence-electron chi connectivity index (χ1n) is 15.3. The number of nitrogens with zero attached hydrogens (tertiary/aromatic N) is 3. The Kier molecular flexibility index (Phi) is 7.06. The Labute approximate surface area is 242 Å². The molecule has 6 rings (SSSR count). The van der Waals surface area contributed by atoms with Gasteiger partial charge in [0.25, 0.3) is 0 Å². The number of rotatable bonds is 7. The van der Waals surface area contributed by atoms with E-state index in [-0.39, 0.29) is 6.61 Å². The van der Waals surface area contributed by atoms with Gasteiger partial charge in [0.05, 0.1) is 40.8 Å². The molecule has 0 atom stereocenters. The fourth-order valence-electron chi connectivity index (χ4n) is 7.22. The number of nitrogens with one attached hydrogen (secondary N) is 1. The standard InChI is InChI=1S/C35H40N4O2/c1-7-18-19(8-2)27-16-31-25(17-40)21(10-4)28(37-31)14-29-20(9-3)22(11-5)34(38-29)24-13-32(41)33-23(12-6)30(39-35(24)33)15-26(18)36-27/h14-16,36,40-41H,7-13,17H2,1-6H3. The van der Waals surface area contributed by atoms with Gasteiger partial charge in [0.1, 0.15) is 5.76 Å². The predicted molar refractivity (Wildman–Crippen MR) is 169 cm³/mol. The van der Waals surface area contributed by atoms with Gasteiger partial charge in [-0.1, -0.05) is 41.5 Å². The van der Waals surface area contributed by atoms with Gasteiger partial charge in [-0.05, 0) is 90.2 Å². The van der Waals surface area contributed by atoms with Crippen molar-refractivity contribution in [1.29, 1.82) is 0 Å². The van der Waals surface area contributed by atoms with Crippen molar-refractivity contribution in [2.75, 3.05) is 6.61 Å². The van der Waals surface area contributed by atoms with Gasteiger partial charge < -0.3 is 15.2 Å². The lowest BCUT2D eigenvalue weighted by atomic mass is 9.94. The molecule has 212 valence electrons. The zero-order valence-electron chi connectivity index (χ0n) is 25.1. The lowest BCUT2D eigenvalue weighted by Gasteiger charge is -2.08. The van der Waals surface area contributed by atoms with E-state index in [1.54, 1.807) is 0 Å². The normalized spacial score (nSPS) is 19.8. The molecule has 6 heteroatoms. The van der Waals surface area contributed by atoms with Gasteiger partial charge in [-0.2, -0.15) is 0 Å². The summed E-state index contributed by atoms with van der Waals surface area (Å²) in [6.45, 7) is 12.9. The number of aliphatic hydroxyl groups excluding tert-OH is 2. The van der Waals surface area contributed by atoms with Crippen LogP contribution in [0.4, 0.5) is 0 Å². The smallest absolute Gasteiger partial charge is 0.107 e. The molecular formula is C35H40N4O2. The summed E-state index contributed by atoms with van der Waals surface area (Å²) in [5.41, 5.74) is 15.2. The van der Waals surface area contributed by atoms with Crippen LogP contribution in [0.25, 0.3) is 12.2 Å². The molecule has 0 amide bonds. The number of aliphatic imine (C=N–C) groups is 3. The Morgan fingerprint density at radius 3 is 1.93 bits per heavy atom. The first-order chi connectivity index (χ1) is 19.9. The molecule has 0 saturated carbocycles. The summed E-state index contributed by atoms with van der Waals surface area (Å²) >= 11 is 0. The van der Waals surface area contributed by atoms with Gasteiger partial charge in [0.2, 0.25) is 0 Å². The topological polar surface area (TPSA) is 93.3 Å². The Bertz CT molecular complexity index is 1790. The fourth-order valence-corrected chi connectivity index (χ4v) is 7.22. The minimum Gasteiger partial charge on any atom is -0.511 e. The number of aliphatic hydroxyl groups is 2. The summed E-state index contributed by atoms with van der Waals surface area (Å²) in [4.78, 5) is 19.2. The van der Waals surface area contributed by atoms with E-state index >= 15 is 0 Å². The van der Waals surface area contributed by atoms with Crippen molar-refractivity contribution < 1.29 is 10.2 Å². The number of fused-ring (bicyclic) bond motifs is 5. The van der Waals surface area contributed by atoms with E-state index in [0.29, 0.717) is 12.2 Å².